The minimum atomic E-state index is 0.567. The summed E-state index contributed by atoms with van der Waals surface area (Å²) in [5.74, 6) is 0.873. The average molecular weight is 138 g/mol. The molecule has 0 N–H and O–H groups in total. The maximum absolute atomic E-state index is 8.40. The molecule has 0 aromatic carbocycles. The highest BCUT2D eigenvalue weighted by Crippen LogP contribution is 2.34. The summed E-state index contributed by atoms with van der Waals surface area (Å²) in [5, 5.41) is 8.40. The van der Waals surface area contributed by atoms with Crippen molar-refractivity contribution < 1.29 is 0 Å². The first kappa shape index (κ1) is 7.56. The Morgan fingerprint density at radius 3 is 2.70 bits per heavy atom. The molecule has 1 fully saturated rings. The molecule has 1 unspecified atom stereocenters. The topological polar surface area (TPSA) is 27.0 Å². The van der Waals surface area contributed by atoms with Gasteiger partial charge in [0.15, 0.2) is 0 Å². The predicted molar refractivity (Wildman–Crippen MR) is 40.4 cm³/mol. The molecule has 10 heavy (non-hydrogen) atoms. The minimum absolute atomic E-state index is 0.567. The third-order valence-corrected chi connectivity index (χ3v) is 2.32. The molecule has 1 saturated carbocycles. The Bertz CT molecular complexity index is 144. The van der Waals surface area contributed by atoms with Crippen molar-refractivity contribution in [1.29, 1.82) is 5.26 Å². The van der Waals surface area contributed by atoms with E-state index >= 15 is 0 Å². The standard InChI is InChI=1S/C8H14N2/c1-7(8-3-4-8)10(2)6-5-9/h7-8H,3-4,6H2,1-2H3. The van der Waals surface area contributed by atoms with Crippen LogP contribution in [0.2, 0.25) is 0 Å². The SMILES string of the molecule is CC(C1CC1)N(C)CC#N. The molecule has 0 radical (unpaired) electrons. The van der Waals surface area contributed by atoms with Gasteiger partial charge in [0, 0.05) is 6.04 Å². The van der Waals surface area contributed by atoms with Gasteiger partial charge in [-0.3, -0.25) is 4.90 Å². The van der Waals surface area contributed by atoms with Gasteiger partial charge in [0.25, 0.3) is 0 Å². The highest BCUT2D eigenvalue weighted by Gasteiger charge is 2.29. The number of hydrogen-bond donors (Lipinski definition) is 0. The summed E-state index contributed by atoms with van der Waals surface area (Å²) < 4.78 is 0. The van der Waals surface area contributed by atoms with Crippen LogP contribution >= 0.6 is 0 Å². The highest BCUT2D eigenvalue weighted by atomic mass is 15.1. The summed E-state index contributed by atoms with van der Waals surface area (Å²) in [5.41, 5.74) is 0. The van der Waals surface area contributed by atoms with Crippen LogP contribution in [0.15, 0.2) is 0 Å². The Balaban J connectivity index is 2.25. The van der Waals surface area contributed by atoms with E-state index in [4.69, 9.17) is 5.26 Å². The summed E-state index contributed by atoms with van der Waals surface area (Å²) in [6, 6.07) is 2.77. The maximum atomic E-state index is 8.40. The molecule has 0 heterocycles. The van der Waals surface area contributed by atoms with Crippen LogP contribution in [0.4, 0.5) is 0 Å². The normalized spacial score (nSPS) is 20.6. The van der Waals surface area contributed by atoms with Gasteiger partial charge in [0.1, 0.15) is 0 Å². The lowest BCUT2D eigenvalue weighted by Crippen LogP contribution is -2.30. The smallest absolute Gasteiger partial charge is 0.0865 e. The second kappa shape index (κ2) is 3.03. The maximum Gasteiger partial charge on any atom is 0.0865 e. The molecule has 1 atom stereocenters. The molecule has 1 rings (SSSR count). The van der Waals surface area contributed by atoms with Crippen LogP contribution in [0, 0.1) is 17.2 Å². The monoisotopic (exact) mass is 138 g/mol. The summed E-state index contributed by atoms with van der Waals surface area (Å²) in [4.78, 5) is 2.12. The first-order valence-electron chi connectivity index (χ1n) is 3.83. The molecule has 0 saturated heterocycles. The van der Waals surface area contributed by atoms with Gasteiger partial charge in [-0.25, -0.2) is 0 Å². The molecule has 56 valence electrons. The van der Waals surface area contributed by atoms with Gasteiger partial charge in [0.2, 0.25) is 0 Å². The summed E-state index contributed by atoms with van der Waals surface area (Å²) in [6.07, 6.45) is 2.72. The Labute approximate surface area is 62.4 Å². The fourth-order valence-corrected chi connectivity index (χ4v) is 1.19. The molecule has 0 aromatic rings. The van der Waals surface area contributed by atoms with Crippen LogP contribution in [0.5, 0.6) is 0 Å². The van der Waals surface area contributed by atoms with Gasteiger partial charge in [0.05, 0.1) is 12.6 Å². The van der Waals surface area contributed by atoms with Crippen molar-refractivity contribution in [2.75, 3.05) is 13.6 Å². The lowest BCUT2D eigenvalue weighted by Gasteiger charge is -2.20. The Hall–Kier alpha value is -0.550. The van der Waals surface area contributed by atoms with Crippen molar-refractivity contribution in [2.45, 2.75) is 25.8 Å². The van der Waals surface area contributed by atoms with Crippen LogP contribution in [0.25, 0.3) is 0 Å². The molecule has 2 heteroatoms. The third-order valence-electron chi connectivity index (χ3n) is 2.32. The number of rotatable bonds is 3. The molecular formula is C8H14N2. The van der Waals surface area contributed by atoms with E-state index in [1.807, 2.05) is 7.05 Å². The summed E-state index contributed by atoms with van der Waals surface area (Å²) in [7, 11) is 2.02. The van der Waals surface area contributed by atoms with Crippen molar-refractivity contribution in [3.8, 4) is 6.07 Å². The van der Waals surface area contributed by atoms with Gasteiger partial charge in [-0.05, 0) is 32.7 Å². The van der Waals surface area contributed by atoms with Gasteiger partial charge in [-0.2, -0.15) is 5.26 Å². The van der Waals surface area contributed by atoms with Crippen molar-refractivity contribution in [3.63, 3.8) is 0 Å². The van der Waals surface area contributed by atoms with Crippen molar-refractivity contribution >= 4 is 0 Å². The fourth-order valence-electron chi connectivity index (χ4n) is 1.19. The molecule has 2 nitrogen and oxygen atoms in total. The second-order valence-corrected chi connectivity index (χ2v) is 3.15. The van der Waals surface area contributed by atoms with Crippen molar-refractivity contribution in [2.24, 2.45) is 5.92 Å². The van der Waals surface area contributed by atoms with Crippen LogP contribution < -0.4 is 0 Å². The van der Waals surface area contributed by atoms with Crippen LogP contribution in [-0.4, -0.2) is 24.5 Å². The largest absolute Gasteiger partial charge is 0.291 e. The number of nitriles is 1. The van der Waals surface area contributed by atoms with E-state index in [9.17, 15) is 0 Å². The predicted octanol–water partition coefficient (Wildman–Crippen LogP) is 1.24. The Morgan fingerprint density at radius 1 is 1.70 bits per heavy atom. The quantitative estimate of drug-likeness (QED) is 0.549. The molecule has 1 aliphatic carbocycles. The zero-order chi connectivity index (χ0) is 7.56. The van der Waals surface area contributed by atoms with Gasteiger partial charge >= 0.3 is 0 Å². The third kappa shape index (κ3) is 1.71. The molecule has 1 aliphatic rings. The van der Waals surface area contributed by atoms with Gasteiger partial charge in [-0.1, -0.05) is 0 Å². The summed E-state index contributed by atoms with van der Waals surface area (Å²) in [6.45, 7) is 2.77. The van der Waals surface area contributed by atoms with E-state index in [0.717, 1.165) is 5.92 Å². The average Bonchev–Trinajstić information content (AvgIpc) is 2.68. The zero-order valence-electron chi connectivity index (χ0n) is 6.67. The zero-order valence-corrected chi connectivity index (χ0v) is 6.67. The van der Waals surface area contributed by atoms with E-state index < -0.39 is 0 Å². The first-order chi connectivity index (χ1) is 4.75. The molecule has 0 amide bonds. The Kier molecular flexibility index (Phi) is 2.29. The van der Waals surface area contributed by atoms with Crippen LogP contribution in [0.1, 0.15) is 19.8 Å². The molecule has 0 spiro atoms. The number of hydrogen-bond acceptors (Lipinski definition) is 2. The lowest BCUT2D eigenvalue weighted by atomic mass is 10.2. The second-order valence-electron chi connectivity index (χ2n) is 3.15. The highest BCUT2D eigenvalue weighted by molar-refractivity contribution is 4.87. The molecule has 0 bridgehead atoms. The van der Waals surface area contributed by atoms with Crippen LogP contribution in [-0.2, 0) is 0 Å². The van der Waals surface area contributed by atoms with Crippen molar-refractivity contribution in [3.05, 3.63) is 0 Å². The lowest BCUT2D eigenvalue weighted by molar-refractivity contribution is 0.261. The minimum Gasteiger partial charge on any atom is -0.291 e. The van der Waals surface area contributed by atoms with E-state index in [1.54, 1.807) is 0 Å². The summed E-state index contributed by atoms with van der Waals surface area (Å²) >= 11 is 0. The molecule has 0 aliphatic heterocycles. The van der Waals surface area contributed by atoms with Gasteiger partial charge in [-0.15, -0.1) is 0 Å². The first-order valence-corrected chi connectivity index (χ1v) is 3.83. The van der Waals surface area contributed by atoms with Gasteiger partial charge < -0.3 is 0 Å². The van der Waals surface area contributed by atoms with Crippen LogP contribution in [0.3, 0.4) is 0 Å². The van der Waals surface area contributed by atoms with E-state index in [-0.39, 0.29) is 0 Å². The van der Waals surface area contributed by atoms with E-state index in [2.05, 4.69) is 17.9 Å². The fraction of sp³-hybridized carbons (Fsp3) is 0.875. The van der Waals surface area contributed by atoms with Crippen molar-refractivity contribution in [1.82, 2.24) is 4.90 Å². The Morgan fingerprint density at radius 2 is 2.30 bits per heavy atom. The number of nitrogens with zero attached hydrogens (tertiary/aromatic N) is 2. The molecular weight excluding hydrogens is 124 g/mol. The molecule has 0 aromatic heterocycles. The van der Waals surface area contributed by atoms with E-state index in [0.29, 0.717) is 12.6 Å². The van der Waals surface area contributed by atoms with E-state index in [1.165, 1.54) is 12.8 Å².